The van der Waals surface area contributed by atoms with E-state index in [1.165, 1.54) is 36.4 Å². The summed E-state index contributed by atoms with van der Waals surface area (Å²) in [4.78, 5) is 46.4. The minimum absolute atomic E-state index is 0.195. The highest BCUT2D eigenvalue weighted by Crippen LogP contribution is 2.42. The Morgan fingerprint density at radius 2 is 0.806 bits per heavy atom. The number of carboxylic acid groups (broad SMARTS) is 4. The van der Waals surface area contributed by atoms with Crippen molar-refractivity contribution in [3.05, 3.63) is 70.8 Å². The molecule has 0 amide bonds. The Hall–Kier alpha value is -4.86. The summed E-state index contributed by atoms with van der Waals surface area (Å²) in [6, 6.07) is 10.3. The number of hydrogen-bond donors (Lipinski definition) is 4. The summed E-state index contributed by atoms with van der Waals surface area (Å²) in [7, 11) is 0. The van der Waals surface area contributed by atoms with Crippen LogP contribution in [-0.4, -0.2) is 57.5 Å². The van der Waals surface area contributed by atoms with Crippen LogP contribution < -0.4 is 9.47 Å². The highest BCUT2D eigenvalue weighted by Gasteiger charge is 2.21. The number of benzene rings is 3. The molecule has 0 aliphatic heterocycles. The Morgan fingerprint density at radius 3 is 1.03 bits per heavy atom. The quantitative estimate of drug-likeness (QED) is 0.312. The van der Waals surface area contributed by atoms with E-state index in [4.69, 9.17) is 9.47 Å². The average Bonchev–Trinajstić information content (AvgIpc) is 2.84. The molecule has 186 valence electrons. The van der Waals surface area contributed by atoms with Crippen LogP contribution in [0.2, 0.25) is 0 Å². The molecule has 10 nitrogen and oxygen atoms in total. The third-order valence-corrected chi connectivity index (χ3v) is 5.16. The predicted molar refractivity (Wildman–Crippen MR) is 127 cm³/mol. The smallest absolute Gasteiger partial charge is 0.335 e. The van der Waals surface area contributed by atoms with Crippen LogP contribution in [0.3, 0.4) is 0 Å². The lowest BCUT2D eigenvalue weighted by Crippen LogP contribution is -2.05. The molecule has 0 aliphatic carbocycles. The van der Waals surface area contributed by atoms with Crippen molar-refractivity contribution in [2.24, 2.45) is 0 Å². The van der Waals surface area contributed by atoms with Gasteiger partial charge in [0.2, 0.25) is 0 Å². The molecule has 3 aromatic carbocycles. The van der Waals surface area contributed by atoms with E-state index in [2.05, 4.69) is 0 Å². The van der Waals surface area contributed by atoms with Crippen molar-refractivity contribution in [3.8, 4) is 33.8 Å². The van der Waals surface area contributed by atoms with E-state index >= 15 is 0 Å². The minimum atomic E-state index is -1.31. The molecule has 0 aromatic heterocycles. The summed E-state index contributed by atoms with van der Waals surface area (Å²) >= 11 is 0. The fourth-order valence-corrected chi connectivity index (χ4v) is 3.62. The molecule has 0 unspecified atom stereocenters. The molecule has 0 radical (unpaired) electrons. The molecular weight excluding hydrogens is 472 g/mol. The van der Waals surface area contributed by atoms with Gasteiger partial charge in [0, 0.05) is 11.1 Å². The highest BCUT2D eigenvalue weighted by atomic mass is 16.5. The minimum Gasteiger partial charge on any atom is -0.493 e. The van der Waals surface area contributed by atoms with Crippen molar-refractivity contribution >= 4 is 23.9 Å². The molecule has 0 bridgehead atoms. The summed E-state index contributed by atoms with van der Waals surface area (Å²) < 4.78 is 11.5. The molecule has 0 atom stereocenters. The van der Waals surface area contributed by atoms with Crippen LogP contribution in [0.5, 0.6) is 11.5 Å². The molecule has 0 heterocycles. The van der Waals surface area contributed by atoms with Crippen molar-refractivity contribution in [2.45, 2.75) is 13.8 Å². The molecule has 3 rings (SSSR count). The van der Waals surface area contributed by atoms with E-state index in [1.807, 2.05) is 0 Å². The SMILES string of the molecule is CCOc1cc(-c2cc(C(=O)O)cc(C(=O)O)c2)c(OCC)cc1-c1cc(C(=O)O)cc(C(=O)O)c1. The van der Waals surface area contributed by atoms with Crippen LogP contribution in [0, 0.1) is 0 Å². The van der Waals surface area contributed by atoms with Gasteiger partial charge in [0.15, 0.2) is 0 Å². The predicted octanol–water partition coefficient (Wildman–Crippen LogP) is 4.61. The lowest BCUT2D eigenvalue weighted by Gasteiger charge is -2.18. The van der Waals surface area contributed by atoms with E-state index in [0.29, 0.717) is 11.1 Å². The number of carbonyl (C=O) groups is 4. The van der Waals surface area contributed by atoms with Crippen molar-refractivity contribution in [1.29, 1.82) is 0 Å². The maximum absolute atomic E-state index is 11.6. The van der Waals surface area contributed by atoms with Gasteiger partial charge < -0.3 is 29.9 Å². The van der Waals surface area contributed by atoms with Crippen LogP contribution in [0.25, 0.3) is 22.3 Å². The fourth-order valence-electron chi connectivity index (χ4n) is 3.62. The summed E-state index contributed by atoms with van der Waals surface area (Å²) in [6.45, 7) is 3.81. The Kier molecular flexibility index (Phi) is 7.58. The molecule has 0 fully saturated rings. The molecule has 3 aromatic rings. The third kappa shape index (κ3) is 5.44. The Morgan fingerprint density at radius 1 is 0.528 bits per heavy atom. The standard InChI is InChI=1S/C26H22O10/c1-3-35-21-11-20(14-7-17(25(31)32)10-18(8-14)26(33)34)22(36-4-2)12-19(21)13-5-15(23(27)28)9-16(6-13)24(29)30/h5-12H,3-4H2,1-2H3,(H,27,28)(H,29,30)(H,31,32)(H,33,34). The number of ether oxygens (including phenoxy) is 2. The van der Waals surface area contributed by atoms with E-state index in [9.17, 15) is 39.6 Å². The second-order valence-corrected chi connectivity index (χ2v) is 7.53. The number of carboxylic acids is 4. The topological polar surface area (TPSA) is 168 Å². The second kappa shape index (κ2) is 10.6. The number of rotatable bonds is 10. The first-order valence-corrected chi connectivity index (χ1v) is 10.7. The van der Waals surface area contributed by atoms with Gasteiger partial charge in [0.25, 0.3) is 0 Å². The first-order chi connectivity index (χ1) is 17.0. The van der Waals surface area contributed by atoms with Gasteiger partial charge in [-0.2, -0.15) is 0 Å². The zero-order valence-electron chi connectivity index (χ0n) is 19.3. The van der Waals surface area contributed by atoms with Crippen LogP contribution in [0.4, 0.5) is 0 Å². The summed E-state index contributed by atoms with van der Waals surface area (Å²) in [5.74, 6) is -4.80. The van der Waals surface area contributed by atoms with Gasteiger partial charge in [0.05, 0.1) is 35.5 Å². The monoisotopic (exact) mass is 494 g/mol. The van der Waals surface area contributed by atoms with Gasteiger partial charge in [-0.25, -0.2) is 19.2 Å². The van der Waals surface area contributed by atoms with Crippen LogP contribution in [-0.2, 0) is 0 Å². The van der Waals surface area contributed by atoms with E-state index in [0.717, 1.165) is 12.1 Å². The fraction of sp³-hybridized carbons (Fsp3) is 0.154. The van der Waals surface area contributed by atoms with Crippen LogP contribution in [0.15, 0.2) is 48.5 Å². The van der Waals surface area contributed by atoms with Crippen LogP contribution >= 0.6 is 0 Å². The molecule has 4 N–H and O–H groups in total. The number of hydrogen-bond acceptors (Lipinski definition) is 6. The molecule has 0 saturated carbocycles. The van der Waals surface area contributed by atoms with E-state index < -0.39 is 23.9 Å². The Bertz CT molecular complexity index is 1200. The molecule has 36 heavy (non-hydrogen) atoms. The zero-order valence-corrected chi connectivity index (χ0v) is 19.3. The van der Waals surface area contributed by atoms with Crippen molar-refractivity contribution in [2.75, 3.05) is 13.2 Å². The van der Waals surface area contributed by atoms with E-state index in [-0.39, 0.29) is 58.1 Å². The summed E-state index contributed by atoms with van der Waals surface area (Å²) in [5, 5.41) is 37.9. The Balaban J connectivity index is 2.35. The van der Waals surface area contributed by atoms with Gasteiger partial charge in [-0.3, -0.25) is 0 Å². The van der Waals surface area contributed by atoms with Crippen molar-refractivity contribution in [3.63, 3.8) is 0 Å². The first kappa shape index (κ1) is 25.8. The average molecular weight is 494 g/mol. The molecular formula is C26H22O10. The highest BCUT2D eigenvalue weighted by molar-refractivity contribution is 5.98. The van der Waals surface area contributed by atoms with Crippen molar-refractivity contribution in [1.82, 2.24) is 0 Å². The summed E-state index contributed by atoms with van der Waals surface area (Å²) in [6.07, 6.45) is 0. The lowest BCUT2D eigenvalue weighted by molar-refractivity contribution is 0.0676. The van der Waals surface area contributed by atoms with Gasteiger partial charge in [-0.05, 0) is 73.5 Å². The molecule has 0 spiro atoms. The van der Waals surface area contributed by atoms with E-state index in [1.54, 1.807) is 13.8 Å². The number of aromatic carboxylic acids is 4. The maximum atomic E-state index is 11.6. The van der Waals surface area contributed by atoms with Gasteiger partial charge in [-0.1, -0.05) is 0 Å². The molecule has 0 aliphatic rings. The normalized spacial score (nSPS) is 10.5. The first-order valence-electron chi connectivity index (χ1n) is 10.7. The largest absolute Gasteiger partial charge is 0.493 e. The maximum Gasteiger partial charge on any atom is 0.335 e. The summed E-state index contributed by atoms with van der Waals surface area (Å²) in [5.41, 5.74) is 0.195. The van der Waals surface area contributed by atoms with Gasteiger partial charge in [0.1, 0.15) is 11.5 Å². The second-order valence-electron chi connectivity index (χ2n) is 7.53. The lowest BCUT2D eigenvalue weighted by atomic mass is 9.94. The third-order valence-electron chi connectivity index (χ3n) is 5.16. The molecule has 0 saturated heterocycles. The molecule has 10 heteroatoms. The Labute approximate surface area is 205 Å². The van der Waals surface area contributed by atoms with Gasteiger partial charge >= 0.3 is 23.9 Å². The van der Waals surface area contributed by atoms with Crippen LogP contribution in [0.1, 0.15) is 55.3 Å². The zero-order chi connectivity index (χ0) is 26.6. The van der Waals surface area contributed by atoms with Gasteiger partial charge in [-0.15, -0.1) is 0 Å². The van der Waals surface area contributed by atoms with Crippen molar-refractivity contribution < 1.29 is 49.1 Å².